The van der Waals surface area contributed by atoms with Gasteiger partial charge in [0.1, 0.15) is 5.82 Å². The number of nitrogens with zero attached hydrogens (tertiary/aromatic N) is 3. The number of aromatic nitrogens is 2. The molecule has 0 bridgehead atoms. The molecule has 1 saturated heterocycles. The van der Waals surface area contributed by atoms with Crippen LogP contribution in [0.2, 0.25) is 0 Å². The van der Waals surface area contributed by atoms with Crippen molar-refractivity contribution >= 4 is 11.7 Å². The van der Waals surface area contributed by atoms with Gasteiger partial charge in [-0.3, -0.25) is 9.78 Å². The molecular formula is C18H22N4O2. The highest BCUT2D eigenvalue weighted by Gasteiger charge is 2.26. The van der Waals surface area contributed by atoms with Gasteiger partial charge in [0.05, 0.1) is 18.2 Å². The van der Waals surface area contributed by atoms with Crippen LogP contribution in [-0.2, 0) is 4.79 Å². The molecule has 0 saturated carbocycles. The number of carbonyl (C=O) groups excluding carboxylic acids is 1. The molecule has 24 heavy (non-hydrogen) atoms. The van der Waals surface area contributed by atoms with Crippen molar-refractivity contribution in [2.45, 2.75) is 18.9 Å². The molecule has 1 aliphatic heterocycles. The number of aliphatic hydroxyl groups is 1. The lowest BCUT2D eigenvalue weighted by Crippen LogP contribution is -2.44. The highest BCUT2D eigenvalue weighted by molar-refractivity contribution is 5.79. The number of aliphatic hydroxyl groups excluding tert-OH is 1. The molecule has 2 aromatic rings. The molecule has 1 amide bonds. The fourth-order valence-corrected chi connectivity index (χ4v) is 2.99. The molecule has 126 valence electrons. The zero-order valence-electron chi connectivity index (χ0n) is 13.5. The summed E-state index contributed by atoms with van der Waals surface area (Å²) < 4.78 is 0. The third-order valence-electron chi connectivity index (χ3n) is 4.32. The highest BCUT2D eigenvalue weighted by atomic mass is 16.3. The Hall–Kier alpha value is -2.47. The van der Waals surface area contributed by atoms with Crippen LogP contribution in [0.4, 0.5) is 5.82 Å². The molecule has 1 aromatic carbocycles. The number of carbonyl (C=O) groups is 1. The largest absolute Gasteiger partial charge is 0.387 e. The summed E-state index contributed by atoms with van der Waals surface area (Å²) in [7, 11) is 0. The van der Waals surface area contributed by atoms with Crippen LogP contribution in [0.1, 0.15) is 24.5 Å². The minimum atomic E-state index is -0.685. The van der Waals surface area contributed by atoms with E-state index in [0.717, 1.165) is 30.8 Å². The predicted molar refractivity (Wildman–Crippen MR) is 91.4 cm³/mol. The first kappa shape index (κ1) is 16.4. The van der Waals surface area contributed by atoms with Crippen LogP contribution in [0.3, 0.4) is 0 Å². The number of amides is 1. The molecule has 2 heterocycles. The predicted octanol–water partition coefficient (Wildman–Crippen LogP) is 1.54. The minimum absolute atomic E-state index is 0.0152. The van der Waals surface area contributed by atoms with Gasteiger partial charge in [0.15, 0.2) is 0 Å². The number of rotatable bonds is 5. The van der Waals surface area contributed by atoms with Gasteiger partial charge in [0, 0.05) is 32.0 Å². The summed E-state index contributed by atoms with van der Waals surface area (Å²) in [6.07, 6.45) is 6.13. The quantitative estimate of drug-likeness (QED) is 0.871. The maximum absolute atomic E-state index is 12.4. The molecule has 2 atom stereocenters. The first-order chi connectivity index (χ1) is 11.7. The first-order valence-corrected chi connectivity index (χ1v) is 8.25. The molecular weight excluding hydrogens is 304 g/mol. The summed E-state index contributed by atoms with van der Waals surface area (Å²) in [5.74, 6) is 0.696. The van der Waals surface area contributed by atoms with Gasteiger partial charge in [-0.05, 0) is 18.4 Å². The minimum Gasteiger partial charge on any atom is -0.387 e. The number of nitrogens with one attached hydrogen (secondary N) is 1. The number of hydrogen-bond donors (Lipinski definition) is 2. The van der Waals surface area contributed by atoms with E-state index >= 15 is 0 Å². The maximum Gasteiger partial charge on any atom is 0.225 e. The van der Waals surface area contributed by atoms with Gasteiger partial charge in [-0.15, -0.1) is 0 Å². The lowest BCUT2D eigenvalue weighted by Gasteiger charge is -2.32. The first-order valence-electron chi connectivity index (χ1n) is 8.25. The SMILES string of the molecule is O=C(NC[C@@H](O)c1ccccc1)[C@H]1CCCN(c2cnccn2)C1. The Balaban J connectivity index is 1.53. The van der Waals surface area contributed by atoms with Crippen LogP contribution in [0.25, 0.3) is 0 Å². The van der Waals surface area contributed by atoms with Crippen LogP contribution in [0.5, 0.6) is 0 Å². The van der Waals surface area contributed by atoms with E-state index in [-0.39, 0.29) is 18.4 Å². The average molecular weight is 326 g/mol. The van der Waals surface area contributed by atoms with Gasteiger partial charge < -0.3 is 15.3 Å². The maximum atomic E-state index is 12.4. The van der Waals surface area contributed by atoms with Crippen molar-refractivity contribution in [2.24, 2.45) is 5.92 Å². The molecule has 6 nitrogen and oxygen atoms in total. The molecule has 0 spiro atoms. The molecule has 0 radical (unpaired) electrons. The second-order valence-electron chi connectivity index (χ2n) is 6.02. The van der Waals surface area contributed by atoms with E-state index in [0.29, 0.717) is 6.54 Å². The summed E-state index contributed by atoms with van der Waals surface area (Å²) in [6, 6.07) is 9.36. The Morgan fingerprint density at radius 2 is 2.17 bits per heavy atom. The van der Waals surface area contributed by atoms with Crippen LogP contribution < -0.4 is 10.2 Å². The Morgan fingerprint density at radius 3 is 2.92 bits per heavy atom. The number of benzene rings is 1. The third kappa shape index (κ3) is 4.08. The van der Waals surface area contributed by atoms with Crippen molar-refractivity contribution in [1.29, 1.82) is 0 Å². The van der Waals surface area contributed by atoms with Crippen LogP contribution >= 0.6 is 0 Å². The van der Waals surface area contributed by atoms with Crippen molar-refractivity contribution in [1.82, 2.24) is 15.3 Å². The van der Waals surface area contributed by atoms with Crippen LogP contribution in [0.15, 0.2) is 48.9 Å². The summed E-state index contributed by atoms with van der Waals surface area (Å²) in [6.45, 7) is 1.74. The van der Waals surface area contributed by atoms with E-state index in [4.69, 9.17) is 0 Å². The molecule has 1 aliphatic rings. The van der Waals surface area contributed by atoms with Crippen molar-refractivity contribution < 1.29 is 9.90 Å². The Bertz CT molecular complexity index is 651. The fraction of sp³-hybridized carbons (Fsp3) is 0.389. The van der Waals surface area contributed by atoms with Crippen molar-refractivity contribution in [3.05, 3.63) is 54.5 Å². The molecule has 1 aromatic heterocycles. The van der Waals surface area contributed by atoms with Crippen molar-refractivity contribution in [2.75, 3.05) is 24.5 Å². The van der Waals surface area contributed by atoms with Gasteiger partial charge >= 0.3 is 0 Å². The second kappa shape index (κ2) is 7.88. The van der Waals surface area contributed by atoms with E-state index < -0.39 is 6.10 Å². The van der Waals surface area contributed by atoms with Gasteiger partial charge in [0.2, 0.25) is 5.91 Å². The van der Waals surface area contributed by atoms with Crippen LogP contribution in [-0.4, -0.2) is 40.6 Å². The summed E-state index contributed by atoms with van der Waals surface area (Å²) in [4.78, 5) is 22.9. The van der Waals surface area contributed by atoms with Crippen molar-refractivity contribution in [3.8, 4) is 0 Å². The average Bonchev–Trinajstić information content (AvgIpc) is 2.67. The Kier molecular flexibility index (Phi) is 5.38. The zero-order chi connectivity index (χ0) is 16.8. The van der Waals surface area contributed by atoms with Gasteiger partial charge in [-0.1, -0.05) is 30.3 Å². The molecule has 1 fully saturated rings. The molecule has 2 N–H and O–H groups in total. The highest BCUT2D eigenvalue weighted by Crippen LogP contribution is 2.21. The number of anilines is 1. The molecule has 6 heteroatoms. The van der Waals surface area contributed by atoms with E-state index in [9.17, 15) is 9.90 Å². The summed E-state index contributed by atoms with van der Waals surface area (Å²) in [5.41, 5.74) is 0.808. The standard InChI is InChI=1S/C18H22N4O2/c23-16(14-5-2-1-3-6-14)11-21-18(24)15-7-4-10-22(13-15)17-12-19-8-9-20-17/h1-3,5-6,8-9,12,15-16,23H,4,7,10-11,13H2,(H,21,24)/t15-,16+/m0/s1. The summed E-state index contributed by atoms with van der Waals surface area (Å²) in [5, 5.41) is 13.0. The topological polar surface area (TPSA) is 78.4 Å². The summed E-state index contributed by atoms with van der Waals surface area (Å²) >= 11 is 0. The number of piperidine rings is 1. The lowest BCUT2D eigenvalue weighted by atomic mass is 9.97. The smallest absolute Gasteiger partial charge is 0.225 e. The normalized spacial score (nSPS) is 18.9. The second-order valence-corrected chi connectivity index (χ2v) is 6.02. The lowest BCUT2D eigenvalue weighted by molar-refractivity contribution is -0.125. The number of hydrogen-bond acceptors (Lipinski definition) is 5. The van der Waals surface area contributed by atoms with E-state index in [1.165, 1.54) is 0 Å². The van der Waals surface area contributed by atoms with Crippen molar-refractivity contribution in [3.63, 3.8) is 0 Å². The van der Waals surface area contributed by atoms with E-state index in [1.807, 2.05) is 30.3 Å². The van der Waals surface area contributed by atoms with E-state index in [1.54, 1.807) is 18.6 Å². The molecule has 3 rings (SSSR count). The monoisotopic (exact) mass is 326 g/mol. The van der Waals surface area contributed by atoms with Gasteiger partial charge in [-0.2, -0.15) is 0 Å². The van der Waals surface area contributed by atoms with Crippen LogP contribution in [0, 0.1) is 5.92 Å². The molecule has 0 aliphatic carbocycles. The zero-order valence-corrected chi connectivity index (χ0v) is 13.5. The third-order valence-corrected chi connectivity index (χ3v) is 4.32. The van der Waals surface area contributed by atoms with Gasteiger partial charge in [0.25, 0.3) is 0 Å². The Morgan fingerprint density at radius 1 is 1.33 bits per heavy atom. The Labute approximate surface area is 141 Å². The fourth-order valence-electron chi connectivity index (χ4n) is 2.99. The van der Waals surface area contributed by atoms with Gasteiger partial charge in [-0.25, -0.2) is 4.98 Å². The molecule has 0 unspecified atom stereocenters. The van der Waals surface area contributed by atoms with E-state index in [2.05, 4.69) is 20.2 Å².